The number of amides is 1. The fourth-order valence-electron chi connectivity index (χ4n) is 3.18. The number of hydrogen-bond donors (Lipinski definition) is 0. The molecule has 8 heteroatoms. The molecule has 0 saturated heterocycles. The van der Waals surface area contributed by atoms with Crippen LogP contribution in [-0.2, 0) is 16.1 Å². The number of carbonyl (C=O) groups is 2. The van der Waals surface area contributed by atoms with E-state index in [9.17, 15) is 9.59 Å². The van der Waals surface area contributed by atoms with Crippen LogP contribution in [0, 0.1) is 0 Å². The molecule has 1 amide bonds. The third-order valence-corrected chi connectivity index (χ3v) is 6.20. The summed E-state index contributed by atoms with van der Waals surface area (Å²) in [5.74, 6) is -0.908. The Balaban J connectivity index is 1.92. The van der Waals surface area contributed by atoms with Crippen molar-refractivity contribution in [3.8, 4) is 0 Å². The molecule has 1 aromatic heterocycles. The number of halogens is 2. The van der Waals surface area contributed by atoms with Crippen LogP contribution in [0.5, 0.6) is 0 Å². The first-order valence-corrected chi connectivity index (χ1v) is 10.8. The van der Waals surface area contributed by atoms with E-state index in [0.29, 0.717) is 9.82 Å². The van der Waals surface area contributed by atoms with E-state index in [-0.39, 0.29) is 23.7 Å². The molecule has 0 aliphatic rings. The van der Waals surface area contributed by atoms with Crippen LogP contribution in [-0.4, -0.2) is 23.1 Å². The standard InChI is InChI=1S/C22H16Cl2N2O3S/c1-2-29-19(27)12-26-18-10-7-13-5-3-4-6-15(13)20(18)30-22(26)25-21(28)16-9-8-14(23)11-17(16)24/h3-11H,2,12H2,1H3. The van der Waals surface area contributed by atoms with Crippen LogP contribution in [0.15, 0.2) is 59.6 Å². The Morgan fingerprint density at radius 1 is 1.10 bits per heavy atom. The average Bonchev–Trinajstić information content (AvgIpc) is 3.05. The molecule has 30 heavy (non-hydrogen) atoms. The number of thiazole rings is 1. The van der Waals surface area contributed by atoms with E-state index in [1.54, 1.807) is 17.6 Å². The maximum Gasteiger partial charge on any atom is 0.326 e. The lowest BCUT2D eigenvalue weighted by molar-refractivity contribution is -0.143. The molecular formula is C22H16Cl2N2O3S. The summed E-state index contributed by atoms with van der Waals surface area (Å²) in [5.41, 5.74) is 1.05. The van der Waals surface area contributed by atoms with Gasteiger partial charge in [-0.25, -0.2) is 0 Å². The topological polar surface area (TPSA) is 60.7 Å². The van der Waals surface area contributed by atoms with Gasteiger partial charge in [-0.1, -0.05) is 64.9 Å². The summed E-state index contributed by atoms with van der Waals surface area (Å²) in [6.07, 6.45) is 0. The van der Waals surface area contributed by atoms with Crippen molar-refractivity contribution in [2.75, 3.05) is 6.61 Å². The van der Waals surface area contributed by atoms with Crippen molar-refractivity contribution in [2.45, 2.75) is 13.5 Å². The minimum atomic E-state index is -0.509. The molecule has 0 aliphatic heterocycles. The van der Waals surface area contributed by atoms with Crippen molar-refractivity contribution < 1.29 is 14.3 Å². The summed E-state index contributed by atoms with van der Waals surface area (Å²) in [5, 5.41) is 2.74. The summed E-state index contributed by atoms with van der Waals surface area (Å²) in [7, 11) is 0. The van der Waals surface area contributed by atoms with Gasteiger partial charge in [0.25, 0.3) is 5.91 Å². The highest BCUT2D eigenvalue weighted by atomic mass is 35.5. The predicted molar refractivity (Wildman–Crippen MR) is 120 cm³/mol. The van der Waals surface area contributed by atoms with Crippen molar-refractivity contribution >= 4 is 67.4 Å². The van der Waals surface area contributed by atoms with Crippen LogP contribution < -0.4 is 4.80 Å². The second kappa shape index (κ2) is 8.60. The second-order valence-electron chi connectivity index (χ2n) is 6.45. The molecule has 0 N–H and O–H groups in total. The van der Waals surface area contributed by atoms with Crippen molar-refractivity contribution in [3.05, 3.63) is 75.0 Å². The summed E-state index contributed by atoms with van der Waals surface area (Å²) in [6.45, 7) is 1.97. The van der Waals surface area contributed by atoms with Gasteiger partial charge >= 0.3 is 5.97 Å². The van der Waals surface area contributed by atoms with Crippen LogP contribution in [0.1, 0.15) is 17.3 Å². The Bertz CT molecular complexity index is 1360. The quantitative estimate of drug-likeness (QED) is 0.381. The predicted octanol–water partition coefficient (Wildman–Crippen LogP) is 5.47. The van der Waals surface area contributed by atoms with E-state index in [1.165, 1.54) is 23.5 Å². The number of rotatable bonds is 4. The Morgan fingerprint density at radius 2 is 1.90 bits per heavy atom. The van der Waals surface area contributed by atoms with Gasteiger partial charge in [0.15, 0.2) is 4.80 Å². The van der Waals surface area contributed by atoms with Crippen molar-refractivity contribution in [2.24, 2.45) is 4.99 Å². The number of benzene rings is 3. The molecule has 0 saturated carbocycles. The minimum absolute atomic E-state index is 0.0490. The van der Waals surface area contributed by atoms with Gasteiger partial charge in [-0.2, -0.15) is 4.99 Å². The van der Waals surface area contributed by atoms with Crippen LogP contribution >= 0.6 is 34.5 Å². The highest BCUT2D eigenvalue weighted by molar-refractivity contribution is 7.17. The molecule has 152 valence electrons. The monoisotopic (exact) mass is 458 g/mol. The average molecular weight is 459 g/mol. The highest BCUT2D eigenvalue weighted by Crippen LogP contribution is 2.28. The highest BCUT2D eigenvalue weighted by Gasteiger charge is 2.16. The largest absolute Gasteiger partial charge is 0.465 e. The molecule has 3 aromatic carbocycles. The molecule has 4 rings (SSSR count). The fraction of sp³-hybridized carbons (Fsp3) is 0.136. The number of aromatic nitrogens is 1. The van der Waals surface area contributed by atoms with Crippen LogP contribution in [0.4, 0.5) is 0 Å². The van der Waals surface area contributed by atoms with Crippen LogP contribution in [0.25, 0.3) is 21.0 Å². The maximum atomic E-state index is 12.8. The van der Waals surface area contributed by atoms with E-state index < -0.39 is 11.9 Å². The van der Waals surface area contributed by atoms with Gasteiger partial charge in [0.05, 0.1) is 27.4 Å². The summed E-state index contributed by atoms with van der Waals surface area (Å²) >= 11 is 13.4. The SMILES string of the molecule is CCOC(=O)Cn1c(=NC(=O)c2ccc(Cl)cc2Cl)sc2c3ccccc3ccc21. The van der Waals surface area contributed by atoms with E-state index in [0.717, 1.165) is 21.0 Å². The molecule has 0 bridgehead atoms. The molecule has 0 atom stereocenters. The molecule has 0 aliphatic carbocycles. The Labute approximate surface area is 186 Å². The number of ether oxygens (including phenoxy) is 1. The smallest absolute Gasteiger partial charge is 0.326 e. The molecule has 0 radical (unpaired) electrons. The number of fused-ring (bicyclic) bond motifs is 3. The van der Waals surface area contributed by atoms with Crippen molar-refractivity contribution in [3.63, 3.8) is 0 Å². The van der Waals surface area contributed by atoms with Gasteiger partial charge in [-0.05, 0) is 36.6 Å². The summed E-state index contributed by atoms with van der Waals surface area (Å²) < 4.78 is 7.75. The zero-order valence-electron chi connectivity index (χ0n) is 15.9. The molecule has 0 fully saturated rings. The van der Waals surface area contributed by atoms with E-state index in [4.69, 9.17) is 27.9 Å². The zero-order chi connectivity index (χ0) is 21.3. The summed E-state index contributed by atoms with van der Waals surface area (Å²) in [4.78, 5) is 29.7. The van der Waals surface area contributed by atoms with Gasteiger partial charge in [0.2, 0.25) is 0 Å². The lowest BCUT2D eigenvalue weighted by atomic mass is 10.1. The Kier molecular flexibility index (Phi) is 5.90. The lowest BCUT2D eigenvalue weighted by Crippen LogP contribution is -2.23. The molecule has 0 spiro atoms. The van der Waals surface area contributed by atoms with E-state index in [1.807, 2.05) is 36.4 Å². The van der Waals surface area contributed by atoms with Gasteiger partial charge in [0.1, 0.15) is 6.54 Å². The van der Waals surface area contributed by atoms with E-state index >= 15 is 0 Å². The van der Waals surface area contributed by atoms with Gasteiger partial charge < -0.3 is 9.30 Å². The maximum absolute atomic E-state index is 12.8. The van der Waals surface area contributed by atoms with E-state index in [2.05, 4.69) is 4.99 Å². The first-order valence-electron chi connectivity index (χ1n) is 9.18. The fourth-order valence-corrected chi connectivity index (χ4v) is 4.83. The minimum Gasteiger partial charge on any atom is -0.465 e. The third-order valence-electron chi connectivity index (χ3n) is 4.53. The molecule has 0 unspecified atom stereocenters. The first kappa shape index (κ1) is 20.6. The number of hydrogen-bond acceptors (Lipinski definition) is 4. The summed E-state index contributed by atoms with van der Waals surface area (Å²) in [6, 6.07) is 16.5. The molecule has 1 heterocycles. The molecule has 4 aromatic rings. The van der Waals surface area contributed by atoms with Crippen molar-refractivity contribution in [1.29, 1.82) is 0 Å². The third kappa shape index (κ3) is 3.99. The first-order chi connectivity index (χ1) is 14.5. The van der Waals surface area contributed by atoms with Crippen molar-refractivity contribution in [1.82, 2.24) is 4.57 Å². The van der Waals surface area contributed by atoms with Gasteiger partial charge in [-0.3, -0.25) is 9.59 Å². The molecular weight excluding hydrogens is 443 g/mol. The molecule has 5 nitrogen and oxygen atoms in total. The van der Waals surface area contributed by atoms with Gasteiger partial charge in [-0.15, -0.1) is 0 Å². The number of esters is 1. The zero-order valence-corrected chi connectivity index (χ0v) is 18.2. The van der Waals surface area contributed by atoms with Crippen LogP contribution in [0.2, 0.25) is 10.0 Å². The Hall–Kier alpha value is -2.67. The lowest BCUT2D eigenvalue weighted by Gasteiger charge is -2.06. The number of carbonyl (C=O) groups excluding carboxylic acids is 2. The second-order valence-corrected chi connectivity index (χ2v) is 8.27. The normalized spacial score (nSPS) is 11.9. The van der Waals surface area contributed by atoms with Crippen LogP contribution in [0.3, 0.4) is 0 Å². The Morgan fingerprint density at radius 3 is 2.67 bits per heavy atom. The van der Waals surface area contributed by atoms with Gasteiger partial charge in [0, 0.05) is 10.4 Å². The number of nitrogens with zero attached hydrogens (tertiary/aromatic N) is 2.